The maximum absolute atomic E-state index is 12.9. The Balaban J connectivity index is 2.02. The molecule has 186 valence electrons. The first-order chi connectivity index (χ1) is 16.5. The molecule has 10 nitrogen and oxygen atoms in total. The monoisotopic (exact) mass is 536 g/mol. The highest BCUT2D eigenvalue weighted by Gasteiger charge is 2.24. The molecule has 3 aromatic rings. The molecule has 0 saturated heterocycles. The maximum Gasteiger partial charge on any atom is 0.326 e. The lowest BCUT2D eigenvalue weighted by molar-refractivity contribution is -0.139. The highest BCUT2D eigenvalue weighted by Crippen LogP contribution is 2.27. The second kappa shape index (κ2) is 11.2. The average Bonchev–Trinajstić information content (AvgIpc) is 3.26. The Morgan fingerprint density at radius 3 is 2.31 bits per heavy atom. The number of sulfonamides is 1. The number of hydrogen-bond donors (Lipinski definition) is 3. The van der Waals surface area contributed by atoms with E-state index in [1.807, 2.05) is 30.5 Å². The highest BCUT2D eigenvalue weighted by atomic mass is 32.2. The first-order valence-corrected chi connectivity index (χ1v) is 14.7. The summed E-state index contributed by atoms with van der Waals surface area (Å²) in [7, 11) is -5.10. The molecule has 0 spiro atoms. The van der Waals surface area contributed by atoms with Crippen LogP contribution in [-0.4, -0.2) is 63.7 Å². The van der Waals surface area contributed by atoms with E-state index >= 15 is 0 Å². The molecular formula is C22H24N4O6S3. The molecule has 13 heteroatoms. The molecule has 3 rings (SSSR count). The van der Waals surface area contributed by atoms with Gasteiger partial charge < -0.3 is 10.4 Å². The molecule has 0 aliphatic carbocycles. The van der Waals surface area contributed by atoms with Gasteiger partial charge in [-0.2, -0.15) is 5.10 Å². The lowest BCUT2D eigenvalue weighted by atomic mass is 10.1. The molecule has 2 atom stereocenters. The minimum absolute atomic E-state index is 0.00290. The Labute approximate surface area is 209 Å². The van der Waals surface area contributed by atoms with Crippen molar-refractivity contribution in [1.82, 2.24) is 15.1 Å². The fourth-order valence-corrected chi connectivity index (χ4v) is 4.70. The van der Waals surface area contributed by atoms with Crippen molar-refractivity contribution in [2.75, 3.05) is 18.3 Å². The van der Waals surface area contributed by atoms with Gasteiger partial charge in [-0.3, -0.25) is 9.00 Å². The van der Waals surface area contributed by atoms with Gasteiger partial charge in [-0.05, 0) is 55.1 Å². The molecule has 4 N–H and O–H groups in total. The summed E-state index contributed by atoms with van der Waals surface area (Å²) in [5, 5.41) is 21.4. The van der Waals surface area contributed by atoms with Gasteiger partial charge in [0.05, 0.1) is 16.3 Å². The number of primary sulfonamides is 1. The molecule has 35 heavy (non-hydrogen) atoms. The Kier molecular flexibility index (Phi) is 8.48. The van der Waals surface area contributed by atoms with E-state index in [0.29, 0.717) is 11.4 Å². The summed E-state index contributed by atoms with van der Waals surface area (Å²) in [4.78, 5) is 25.4. The number of aliphatic carboxylic acids is 1. The number of thioether (sulfide) groups is 1. The summed E-state index contributed by atoms with van der Waals surface area (Å²) in [6.45, 7) is 0. The number of aromatic nitrogens is 2. The van der Waals surface area contributed by atoms with Crippen molar-refractivity contribution in [2.24, 2.45) is 5.14 Å². The van der Waals surface area contributed by atoms with Crippen molar-refractivity contribution in [3.63, 3.8) is 0 Å². The van der Waals surface area contributed by atoms with E-state index in [1.165, 1.54) is 41.3 Å². The number of benzene rings is 2. The van der Waals surface area contributed by atoms with Crippen LogP contribution in [0.1, 0.15) is 16.9 Å². The largest absolute Gasteiger partial charge is 0.480 e. The fourth-order valence-electron chi connectivity index (χ4n) is 3.21. The SMILES string of the molecule is CSc1ccc(-c2cc(C(=O)NC(CCS(C)=O)C(=O)O)nn2-c2ccc(S(N)(=O)=O)cc2)cc1. The third kappa shape index (κ3) is 6.78. The molecule has 0 aliphatic rings. The number of carbonyl (C=O) groups is 2. The number of hydrogen-bond acceptors (Lipinski definition) is 7. The minimum Gasteiger partial charge on any atom is -0.480 e. The number of nitrogens with zero attached hydrogens (tertiary/aromatic N) is 2. The molecular weight excluding hydrogens is 512 g/mol. The summed E-state index contributed by atoms with van der Waals surface area (Å²) in [5.74, 6) is -1.83. The Morgan fingerprint density at radius 1 is 1.17 bits per heavy atom. The zero-order valence-electron chi connectivity index (χ0n) is 18.9. The third-order valence-corrected chi connectivity index (χ3v) is 7.52. The van der Waals surface area contributed by atoms with Crippen LogP contribution in [0, 0.1) is 0 Å². The zero-order chi connectivity index (χ0) is 25.8. The van der Waals surface area contributed by atoms with Gasteiger partial charge in [-0.25, -0.2) is 23.0 Å². The number of amides is 1. The van der Waals surface area contributed by atoms with Crippen molar-refractivity contribution < 1.29 is 27.3 Å². The van der Waals surface area contributed by atoms with E-state index in [4.69, 9.17) is 5.14 Å². The topological polar surface area (TPSA) is 161 Å². The normalized spacial score (nSPS) is 13.2. The van der Waals surface area contributed by atoms with Crippen LogP contribution >= 0.6 is 11.8 Å². The molecule has 0 bridgehead atoms. The second-order valence-corrected chi connectivity index (χ2v) is 11.5. The molecule has 2 unspecified atom stereocenters. The van der Waals surface area contributed by atoms with Crippen molar-refractivity contribution in [1.29, 1.82) is 0 Å². The first-order valence-electron chi connectivity index (χ1n) is 10.2. The van der Waals surface area contributed by atoms with Crippen LogP contribution in [0.3, 0.4) is 0 Å². The fraction of sp³-hybridized carbons (Fsp3) is 0.227. The average molecular weight is 537 g/mol. The molecule has 0 saturated carbocycles. The van der Waals surface area contributed by atoms with Crippen molar-refractivity contribution in [3.8, 4) is 16.9 Å². The smallest absolute Gasteiger partial charge is 0.326 e. The number of nitrogens with one attached hydrogen (secondary N) is 1. The molecule has 1 heterocycles. The maximum atomic E-state index is 12.9. The van der Waals surface area contributed by atoms with Gasteiger partial charge in [0.25, 0.3) is 5.91 Å². The van der Waals surface area contributed by atoms with Gasteiger partial charge in [0.15, 0.2) is 5.69 Å². The van der Waals surface area contributed by atoms with Gasteiger partial charge in [0, 0.05) is 33.3 Å². The van der Waals surface area contributed by atoms with E-state index in [9.17, 15) is 27.3 Å². The number of nitrogens with two attached hydrogens (primary N) is 1. The number of carbonyl (C=O) groups excluding carboxylic acids is 1. The first kappa shape index (κ1) is 26.6. The summed E-state index contributed by atoms with van der Waals surface area (Å²) in [6.07, 6.45) is 3.41. The molecule has 1 aromatic heterocycles. The lowest BCUT2D eigenvalue weighted by Gasteiger charge is -2.12. The van der Waals surface area contributed by atoms with Gasteiger partial charge in [-0.1, -0.05) is 12.1 Å². The Morgan fingerprint density at radius 2 is 1.80 bits per heavy atom. The van der Waals surface area contributed by atoms with Gasteiger partial charge >= 0.3 is 5.97 Å². The van der Waals surface area contributed by atoms with Crippen LogP contribution in [0.5, 0.6) is 0 Å². The second-order valence-electron chi connectivity index (χ2n) is 7.52. The minimum atomic E-state index is -3.89. The highest BCUT2D eigenvalue weighted by molar-refractivity contribution is 7.98. The lowest BCUT2D eigenvalue weighted by Crippen LogP contribution is -2.41. The number of carboxylic acid groups (broad SMARTS) is 1. The molecule has 0 radical (unpaired) electrons. The Hall–Kier alpha value is -3.00. The molecule has 0 aliphatic heterocycles. The van der Waals surface area contributed by atoms with Gasteiger partial charge in [0.1, 0.15) is 6.04 Å². The summed E-state index contributed by atoms with van der Waals surface area (Å²) in [6, 6.07) is 13.5. The third-order valence-electron chi connectivity index (χ3n) is 5.04. The van der Waals surface area contributed by atoms with E-state index in [-0.39, 0.29) is 22.8 Å². The molecule has 1 amide bonds. The quantitative estimate of drug-likeness (QED) is 0.331. The zero-order valence-corrected chi connectivity index (χ0v) is 21.3. The summed E-state index contributed by atoms with van der Waals surface area (Å²) < 4.78 is 36.0. The van der Waals surface area contributed by atoms with Crippen LogP contribution in [0.4, 0.5) is 0 Å². The van der Waals surface area contributed by atoms with Crippen LogP contribution < -0.4 is 10.5 Å². The molecule has 2 aromatic carbocycles. The standard InChI is InChI=1S/C22H24N4O6S3/c1-33-16-7-3-14(4-8-16)20-13-19(21(27)24-18(22(28)29)11-12-34(2)30)25-26(20)15-5-9-17(10-6-15)35(23,31)32/h3-10,13,18H,11-12H2,1-2H3,(H,24,27)(H,28,29)(H2,23,31,32). The van der Waals surface area contributed by atoms with Crippen LogP contribution in [0.2, 0.25) is 0 Å². The van der Waals surface area contributed by atoms with E-state index in [0.717, 1.165) is 10.5 Å². The number of rotatable bonds is 10. The van der Waals surface area contributed by atoms with Crippen LogP contribution in [-0.2, 0) is 25.6 Å². The van der Waals surface area contributed by atoms with Gasteiger partial charge in [-0.15, -0.1) is 11.8 Å². The Bertz CT molecular complexity index is 1350. The predicted octanol–water partition coefficient (Wildman–Crippen LogP) is 1.86. The van der Waals surface area contributed by atoms with Crippen molar-refractivity contribution in [3.05, 3.63) is 60.3 Å². The van der Waals surface area contributed by atoms with Crippen molar-refractivity contribution >= 4 is 44.5 Å². The van der Waals surface area contributed by atoms with E-state index in [1.54, 1.807) is 11.8 Å². The summed E-state index contributed by atoms with van der Waals surface area (Å²) >= 11 is 1.57. The van der Waals surface area contributed by atoms with Gasteiger partial charge in [0.2, 0.25) is 10.0 Å². The number of carboxylic acids is 1. The van der Waals surface area contributed by atoms with Crippen LogP contribution in [0.25, 0.3) is 16.9 Å². The van der Waals surface area contributed by atoms with E-state index < -0.39 is 38.7 Å². The van der Waals surface area contributed by atoms with Crippen LogP contribution in [0.15, 0.2) is 64.4 Å². The van der Waals surface area contributed by atoms with Crippen molar-refractivity contribution in [2.45, 2.75) is 22.3 Å². The molecule has 0 fully saturated rings. The summed E-state index contributed by atoms with van der Waals surface area (Å²) in [5.41, 5.74) is 1.71. The predicted molar refractivity (Wildman–Crippen MR) is 135 cm³/mol. The van der Waals surface area contributed by atoms with E-state index in [2.05, 4.69) is 10.4 Å².